The van der Waals surface area contributed by atoms with Crippen molar-refractivity contribution in [3.05, 3.63) is 36.3 Å². The maximum atomic E-state index is 5.20. The summed E-state index contributed by atoms with van der Waals surface area (Å²) in [5.41, 5.74) is 2.01. The van der Waals surface area contributed by atoms with Crippen LogP contribution in [0.25, 0.3) is 0 Å². The highest BCUT2D eigenvalue weighted by Crippen LogP contribution is 2.21. The lowest BCUT2D eigenvalue weighted by molar-refractivity contribution is 0.355. The summed E-state index contributed by atoms with van der Waals surface area (Å²) >= 11 is 0. The molecule has 2 rings (SSSR count). The molecule has 19 heavy (non-hydrogen) atoms. The Morgan fingerprint density at radius 2 is 2.16 bits per heavy atom. The summed E-state index contributed by atoms with van der Waals surface area (Å²) in [7, 11) is 1.62. The number of methoxy groups -OCH3 is 1. The van der Waals surface area contributed by atoms with Gasteiger partial charge in [0.1, 0.15) is 0 Å². The van der Waals surface area contributed by atoms with Gasteiger partial charge in [-0.2, -0.15) is 5.10 Å². The van der Waals surface area contributed by atoms with Crippen molar-refractivity contribution < 1.29 is 4.74 Å². The summed E-state index contributed by atoms with van der Waals surface area (Å²) in [6.07, 6.45) is 5.64. The summed E-state index contributed by atoms with van der Waals surface area (Å²) in [4.78, 5) is 4.15. The summed E-state index contributed by atoms with van der Waals surface area (Å²) in [6, 6.07) is 3.82. The quantitative estimate of drug-likeness (QED) is 0.918. The Morgan fingerprint density at radius 1 is 1.37 bits per heavy atom. The van der Waals surface area contributed by atoms with Gasteiger partial charge in [-0.15, -0.1) is 0 Å². The second kappa shape index (κ2) is 5.30. The molecule has 0 aliphatic heterocycles. The minimum atomic E-state index is 0.00421. The normalized spacial score (nSPS) is 11.4. The van der Waals surface area contributed by atoms with Gasteiger partial charge in [0.05, 0.1) is 24.5 Å². The molecule has 0 bridgehead atoms. The fourth-order valence-corrected chi connectivity index (χ4v) is 1.70. The lowest BCUT2D eigenvalue weighted by atomic mass is 10.1. The van der Waals surface area contributed by atoms with Gasteiger partial charge in [0.2, 0.25) is 5.88 Å². The zero-order chi connectivity index (χ0) is 13.9. The second-order valence-corrected chi connectivity index (χ2v) is 5.38. The van der Waals surface area contributed by atoms with Crippen LogP contribution in [-0.2, 0) is 12.1 Å². The first-order valence-corrected chi connectivity index (χ1v) is 6.27. The number of aromatic nitrogens is 3. The van der Waals surface area contributed by atoms with E-state index in [1.165, 1.54) is 0 Å². The van der Waals surface area contributed by atoms with Crippen LogP contribution >= 0.6 is 0 Å². The smallest absolute Gasteiger partial charge is 0.237 e. The van der Waals surface area contributed by atoms with Gasteiger partial charge in [-0.25, -0.2) is 4.98 Å². The average molecular weight is 260 g/mol. The summed E-state index contributed by atoms with van der Waals surface area (Å²) in [5.74, 6) is 0.603. The molecular weight excluding hydrogens is 240 g/mol. The van der Waals surface area contributed by atoms with Crippen LogP contribution in [0.15, 0.2) is 30.7 Å². The number of ether oxygens (including phenoxy) is 1. The molecule has 102 valence electrons. The molecule has 0 aromatic carbocycles. The number of hydrogen-bond donors (Lipinski definition) is 1. The van der Waals surface area contributed by atoms with E-state index in [0.29, 0.717) is 12.4 Å². The molecule has 0 radical (unpaired) electrons. The molecule has 5 nitrogen and oxygen atoms in total. The summed E-state index contributed by atoms with van der Waals surface area (Å²) < 4.78 is 7.16. The third-order valence-electron chi connectivity index (χ3n) is 2.77. The number of hydrogen-bond acceptors (Lipinski definition) is 4. The molecule has 0 aliphatic carbocycles. The van der Waals surface area contributed by atoms with Crippen molar-refractivity contribution in [2.45, 2.75) is 32.9 Å². The maximum Gasteiger partial charge on any atom is 0.237 e. The van der Waals surface area contributed by atoms with Crippen molar-refractivity contribution >= 4 is 5.69 Å². The fraction of sp³-hybridized carbons (Fsp3) is 0.429. The highest BCUT2D eigenvalue weighted by molar-refractivity contribution is 5.52. The van der Waals surface area contributed by atoms with Crippen molar-refractivity contribution in [3.8, 4) is 5.88 Å². The Labute approximate surface area is 113 Å². The van der Waals surface area contributed by atoms with E-state index in [2.05, 4.69) is 42.4 Å². The molecule has 1 N–H and O–H groups in total. The van der Waals surface area contributed by atoms with Crippen LogP contribution in [-0.4, -0.2) is 21.9 Å². The van der Waals surface area contributed by atoms with E-state index in [-0.39, 0.29) is 5.54 Å². The van der Waals surface area contributed by atoms with Crippen molar-refractivity contribution in [1.29, 1.82) is 0 Å². The molecular formula is C14H20N4O. The van der Waals surface area contributed by atoms with Gasteiger partial charge >= 0.3 is 0 Å². The van der Waals surface area contributed by atoms with E-state index >= 15 is 0 Å². The Kier molecular flexibility index (Phi) is 3.74. The molecule has 2 aromatic rings. The maximum absolute atomic E-state index is 5.20. The monoisotopic (exact) mass is 260 g/mol. The van der Waals surface area contributed by atoms with Crippen LogP contribution in [0.4, 0.5) is 5.69 Å². The van der Waals surface area contributed by atoms with E-state index in [1.54, 1.807) is 13.3 Å². The number of pyridine rings is 1. The first-order valence-electron chi connectivity index (χ1n) is 6.27. The second-order valence-electron chi connectivity index (χ2n) is 5.38. The summed E-state index contributed by atoms with van der Waals surface area (Å²) in [6.45, 7) is 7.07. The Morgan fingerprint density at radius 3 is 2.79 bits per heavy atom. The van der Waals surface area contributed by atoms with E-state index in [9.17, 15) is 0 Å². The van der Waals surface area contributed by atoms with Crippen LogP contribution in [0, 0.1) is 0 Å². The lowest BCUT2D eigenvalue weighted by Gasteiger charge is -2.18. The molecule has 5 heteroatoms. The average Bonchev–Trinajstić information content (AvgIpc) is 2.85. The van der Waals surface area contributed by atoms with Gasteiger partial charge in [0.15, 0.2) is 0 Å². The number of rotatable bonds is 4. The highest BCUT2D eigenvalue weighted by Gasteiger charge is 2.13. The molecule has 0 fully saturated rings. The Bertz CT molecular complexity index is 542. The number of nitrogens with one attached hydrogen (secondary N) is 1. The molecule has 0 spiro atoms. The van der Waals surface area contributed by atoms with Gasteiger partial charge in [-0.3, -0.25) is 4.68 Å². The molecule has 2 heterocycles. The van der Waals surface area contributed by atoms with Crippen molar-refractivity contribution in [2.75, 3.05) is 12.4 Å². The standard InChI is InChI=1S/C14H20N4O/c1-14(2,3)18-10-11(9-17-18)8-16-12-6-5-7-15-13(12)19-4/h5-7,9-10,16H,8H2,1-4H3. The van der Waals surface area contributed by atoms with E-state index in [0.717, 1.165) is 11.3 Å². The van der Waals surface area contributed by atoms with Gasteiger partial charge in [0.25, 0.3) is 0 Å². The third-order valence-corrected chi connectivity index (χ3v) is 2.77. The largest absolute Gasteiger partial charge is 0.480 e. The molecule has 0 saturated carbocycles. The topological polar surface area (TPSA) is 52.0 Å². The van der Waals surface area contributed by atoms with Crippen LogP contribution < -0.4 is 10.1 Å². The predicted molar refractivity (Wildman–Crippen MR) is 75.3 cm³/mol. The first-order chi connectivity index (χ1) is 9.00. The highest BCUT2D eigenvalue weighted by atomic mass is 16.5. The fourth-order valence-electron chi connectivity index (χ4n) is 1.70. The lowest BCUT2D eigenvalue weighted by Crippen LogP contribution is -2.21. The Hall–Kier alpha value is -2.04. The van der Waals surface area contributed by atoms with Crippen LogP contribution in [0.2, 0.25) is 0 Å². The van der Waals surface area contributed by atoms with E-state index in [1.807, 2.05) is 23.0 Å². The third kappa shape index (κ3) is 3.24. The summed E-state index contributed by atoms with van der Waals surface area (Å²) in [5, 5.41) is 7.68. The van der Waals surface area contributed by atoms with Crippen molar-refractivity contribution in [3.63, 3.8) is 0 Å². The van der Waals surface area contributed by atoms with Gasteiger partial charge in [-0.1, -0.05) is 0 Å². The number of anilines is 1. The van der Waals surface area contributed by atoms with Crippen molar-refractivity contribution in [2.24, 2.45) is 0 Å². The van der Waals surface area contributed by atoms with E-state index < -0.39 is 0 Å². The molecule has 0 aliphatic rings. The van der Waals surface area contributed by atoms with Gasteiger partial charge in [0, 0.05) is 24.5 Å². The minimum absolute atomic E-state index is 0.00421. The van der Waals surface area contributed by atoms with Crippen LogP contribution in [0.3, 0.4) is 0 Å². The molecule has 0 saturated heterocycles. The van der Waals surface area contributed by atoms with Crippen LogP contribution in [0.5, 0.6) is 5.88 Å². The molecule has 0 atom stereocenters. The zero-order valence-corrected chi connectivity index (χ0v) is 11.8. The van der Waals surface area contributed by atoms with Crippen molar-refractivity contribution in [1.82, 2.24) is 14.8 Å². The molecule has 2 aromatic heterocycles. The molecule has 0 amide bonds. The van der Waals surface area contributed by atoms with Gasteiger partial charge in [-0.05, 0) is 32.9 Å². The SMILES string of the molecule is COc1ncccc1NCc1cnn(C(C)(C)C)c1. The van der Waals surface area contributed by atoms with E-state index in [4.69, 9.17) is 4.74 Å². The minimum Gasteiger partial charge on any atom is -0.480 e. The first kappa shape index (κ1) is 13.4. The van der Waals surface area contributed by atoms with Crippen LogP contribution in [0.1, 0.15) is 26.3 Å². The molecule has 0 unspecified atom stereocenters. The number of nitrogens with zero attached hydrogens (tertiary/aromatic N) is 3. The zero-order valence-electron chi connectivity index (χ0n) is 11.8. The Balaban J connectivity index is 2.05. The predicted octanol–water partition coefficient (Wildman–Crippen LogP) is 2.65. The van der Waals surface area contributed by atoms with Gasteiger partial charge < -0.3 is 10.1 Å².